The van der Waals surface area contributed by atoms with Gasteiger partial charge in [-0.1, -0.05) is 6.08 Å². The lowest BCUT2D eigenvalue weighted by Crippen LogP contribution is -1.96. The molecule has 1 fully saturated rings. The molecule has 0 aromatic rings. The fourth-order valence-electron chi connectivity index (χ4n) is 0.664. The van der Waals surface area contributed by atoms with E-state index >= 15 is 0 Å². The molecule has 0 N–H and O–H groups in total. The Balaban J connectivity index is 2.17. The zero-order valence-electron chi connectivity index (χ0n) is 5.46. The number of hydrogen-bond donors (Lipinski definition) is 0. The molecule has 0 aliphatic carbocycles. The van der Waals surface area contributed by atoms with Crippen LogP contribution in [0.1, 0.15) is 13.3 Å². The Morgan fingerprint density at radius 2 is 2.56 bits per heavy atom. The third kappa shape index (κ3) is 2.42. The maximum absolute atomic E-state index is 10.7. The molecule has 2 nitrogen and oxygen atoms in total. The average molecular weight is 126 g/mol. The smallest absolute Gasteiger partial charge is 0.158 e. The monoisotopic (exact) mass is 126 g/mol. The van der Waals surface area contributed by atoms with Crippen LogP contribution in [0, 0.1) is 0 Å². The molecule has 9 heavy (non-hydrogen) atoms. The van der Waals surface area contributed by atoms with E-state index in [0.29, 0.717) is 6.42 Å². The summed E-state index contributed by atoms with van der Waals surface area (Å²) in [7, 11) is 0. The van der Waals surface area contributed by atoms with Crippen LogP contribution in [-0.2, 0) is 9.53 Å². The number of hydrogen-bond acceptors (Lipinski definition) is 2. The molecule has 1 saturated heterocycles. The molecule has 0 aromatic carbocycles. The van der Waals surface area contributed by atoms with Crippen LogP contribution in [0.3, 0.4) is 0 Å². The number of carbonyl (C=O) groups excluding carboxylic acids is 1. The Morgan fingerprint density at radius 3 is 3.00 bits per heavy atom. The predicted octanol–water partition coefficient (Wildman–Crippen LogP) is 0.921. The van der Waals surface area contributed by atoms with Gasteiger partial charge in [-0.05, 0) is 13.0 Å². The summed E-state index contributed by atoms with van der Waals surface area (Å²) in [6.45, 7) is 2.61. The molecule has 2 heteroatoms. The Bertz CT molecular complexity index is 134. The third-order valence-electron chi connectivity index (χ3n) is 1.18. The van der Waals surface area contributed by atoms with Crippen LogP contribution < -0.4 is 0 Å². The average Bonchev–Trinajstić information content (AvgIpc) is 2.50. The lowest BCUT2D eigenvalue weighted by Gasteiger charge is -1.84. The van der Waals surface area contributed by atoms with Gasteiger partial charge in [0.05, 0.1) is 12.7 Å². The van der Waals surface area contributed by atoms with Gasteiger partial charge in [0.15, 0.2) is 5.78 Å². The molecular formula is C7H10O2. The minimum absolute atomic E-state index is 0.167. The van der Waals surface area contributed by atoms with E-state index in [2.05, 4.69) is 0 Å². The number of carbonyl (C=O) groups is 1. The van der Waals surface area contributed by atoms with Gasteiger partial charge in [-0.3, -0.25) is 4.79 Å². The number of ketones is 1. The van der Waals surface area contributed by atoms with Gasteiger partial charge in [0.2, 0.25) is 0 Å². The topological polar surface area (TPSA) is 29.6 Å². The van der Waals surface area contributed by atoms with Gasteiger partial charge < -0.3 is 4.74 Å². The van der Waals surface area contributed by atoms with E-state index < -0.39 is 0 Å². The van der Waals surface area contributed by atoms with Crippen molar-refractivity contribution in [3.05, 3.63) is 12.2 Å². The molecule has 0 spiro atoms. The van der Waals surface area contributed by atoms with Crippen LogP contribution in [0.2, 0.25) is 0 Å². The second-order valence-electron chi connectivity index (χ2n) is 2.13. The van der Waals surface area contributed by atoms with E-state index in [1.54, 1.807) is 12.2 Å². The lowest BCUT2D eigenvalue weighted by molar-refractivity contribution is -0.114. The second-order valence-corrected chi connectivity index (χ2v) is 2.13. The van der Waals surface area contributed by atoms with E-state index in [9.17, 15) is 4.79 Å². The van der Waals surface area contributed by atoms with Gasteiger partial charge in [-0.25, -0.2) is 0 Å². The van der Waals surface area contributed by atoms with Crippen LogP contribution in [0.4, 0.5) is 0 Å². The minimum Gasteiger partial charge on any atom is -0.373 e. The molecule has 1 aliphatic heterocycles. The summed E-state index contributed by atoms with van der Waals surface area (Å²) >= 11 is 0. The number of epoxide rings is 1. The van der Waals surface area contributed by atoms with Crippen molar-refractivity contribution in [2.45, 2.75) is 19.4 Å². The zero-order chi connectivity index (χ0) is 6.69. The summed E-state index contributed by atoms with van der Waals surface area (Å²) < 4.78 is 4.87. The molecule has 1 heterocycles. The fraction of sp³-hybridized carbons (Fsp3) is 0.571. The molecule has 1 aliphatic rings. The highest BCUT2D eigenvalue weighted by Gasteiger charge is 2.24. The lowest BCUT2D eigenvalue weighted by atomic mass is 10.2. The first-order valence-electron chi connectivity index (χ1n) is 3.10. The van der Waals surface area contributed by atoms with Gasteiger partial charge in [-0.2, -0.15) is 0 Å². The van der Waals surface area contributed by atoms with E-state index in [1.165, 1.54) is 0 Å². The van der Waals surface area contributed by atoms with Crippen molar-refractivity contribution >= 4 is 5.78 Å². The Hall–Kier alpha value is -0.630. The normalized spacial score (nSPS) is 24.8. The second kappa shape index (κ2) is 2.78. The van der Waals surface area contributed by atoms with Crippen molar-refractivity contribution in [3.63, 3.8) is 0 Å². The first kappa shape index (κ1) is 6.49. The van der Waals surface area contributed by atoms with E-state index in [4.69, 9.17) is 4.74 Å². The molecule has 0 saturated carbocycles. The van der Waals surface area contributed by atoms with Crippen molar-refractivity contribution in [3.8, 4) is 0 Å². The predicted molar refractivity (Wildman–Crippen MR) is 34.2 cm³/mol. The van der Waals surface area contributed by atoms with Crippen LogP contribution in [0.25, 0.3) is 0 Å². The van der Waals surface area contributed by atoms with Crippen molar-refractivity contribution in [2.24, 2.45) is 0 Å². The highest BCUT2D eigenvalue weighted by Crippen LogP contribution is 2.13. The third-order valence-corrected chi connectivity index (χ3v) is 1.18. The summed E-state index contributed by atoms with van der Waals surface area (Å²) in [6, 6.07) is 0. The molecule has 0 bridgehead atoms. The molecule has 0 aromatic heterocycles. The first-order valence-corrected chi connectivity index (χ1v) is 3.10. The molecule has 0 radical (unpaired) electrons. The Kier molecular flexibility index (Phi) is 2.01. The van der Waals surface area contributed by atoms with Crippen LogP contribution in [0.15, 0.2) is 12.2 Å². The molecule has 50 valence electrons. The Morgan fingerprint density at radius 1 is 1.89 bits per heavy atom. The quantitative estimate of drug-likeness (QED) is 0.415. The van der Waals surface area contributed by atoms with Gasteiger partial charge in [0.25, 0.3) is 0 Å². The summed E-state index contributed by atoms with van der Waals surface area (Å²) in [5.41, 5.74) is 0. The van der Waals surface area contributed by atoms with Crippen molar-refractivity contribution in [2.75, 3.05) is 6.61 Å². The van der Waals surface area contributed by atoms with Crippen LogP contribution in [-0.4, -0.2) is 18.5 Å². The molecule has 1 unspecified atom stereocenters. The molecule has 0 amide bonds. The van der Waals surface area contributed by atoms with E-state index in [1.807, 2.05) is 6.92 Å². The summed E-state index contributed by atoms with van der Waals surface area (Å²) in [5.74, 6) is 0.167. The molecule has 1 rings (SSSR count). The van der Waals surface area contributed by atoms with Gasteiger partial charge in [0.1, 0.15) is 0 Å². The number of allylic oxidation sites excluding steroid dienone is 2. The number of ether oxygens (including phenoxy) is 1. The van der Waals surface area contributed by atoms with Crippen LogP contribution in [0.5, 0.6) is 0 Å². The van der Waals surface area contributed by atoms with Crippen molar-refractivity contribution in [1.82, 2.24) is 0 Å². The summed E-state index contributed by atoms with van der Waals surface area (Å²) in [4.78, 5) is 10.7. The van der Waals surface area contributed by atoms with E-state index in [-0.39, 0.29) is 11.9 Å². The SMILES string of the molecule is C/C=C/C(=O)CC1CO1. The largest absolute Gasteiger partial charge is 0.373 e. The van der Waals surface area contributed by atoms with Crippen LogP contribution >= 0.6 is 0 Å². The first-order chi connectivity index (χ1) is 4.33. The standard InChI is InChI=1S/C7H10O2/c1-2-3-6(8)4-7-5-9-7/h2-3,7H,4-5H2,1H3/b3-2+. The van der Waals surface area contributed by atoms with Crippen molar-refractivity contribution < 1.29 is 9.53 Å². The zero-order valence-corrected chi connectivity index (χ0v) is 5.46. The number of rotatable bonds is 3. The van der Waals surface area contributed by atoms with Gasteiger partial charge in [0, 0.05) is 6.42 Å². The maximum Gasteiger partial charge on any atom is 0.158 e. The fourth-order valence-corrected chi connectivity index (χ4v) is 0.664. The van der Waals surface area contributed by atoms with Gasteiger partial charge >= 0.3 is 0 Å². The Labute approximate surface area is 54.5 Å². The van der Waals surface area contributed by atoms with Crippen molar-refractivity contribution in [1.29, 1.82) is 0 Å². The minimum atomic E-state index is 0.167. The summed E-state index contributed by atoms with van der Waals surface area (Å²) in [6.07, 6.45) is 4.13. The summed E-state index contributed by atoms with van der Waals surface area (Å²) in [5, 5.41) is 0. The maximum atomic E-state index is 10.7. The molecule has 1 atom stereocenters. The van der Waals surface area contributed by atoms with E-state index in [0.717, 1.165) is 6.61 Å². The highest BCUT2D eigenvalue weighted by molar-refractivity contribution is 5.90. The van der Waals surface area contributed by atoms with Gasteiger partial charge in [-0.15, -0.1) is 0 Å². The molecular weight excluding hydrogens is 116 g/mol. The highest BCUT2D eigenvalue weighted by atomic mass is 16.6.